The van der Waals surface area contributed by atoms with E-state index in [0.29, 0.717) is 5.56 Å². The van der Waals surface area contributed by atoms with Crippen LogP contribution in [0.5, 0.6) is 0 Å². The SMILES string of the molecule is O=C(NC(CO)CO)c1cc(Br)cc(Br)c1. The summed E-state index contributed by atoms with van der Waals surface area (Å²) in [6.45, 7) is -0.588. The second-order valence-electron chi connectivity index (χ2n) is 3.19. The van der Waals surface area contributed by atoms with E-state index in [4.69, 9.17) is 10.2 Å². The van der Waals surface area contributed by atoms with Crippen LogP contribution >= 0.6 is 31.9 Å². The Morgan fingerprint density at radius 3 is 2.12 bits per heavy atom. The second kappa shape index (κ2) is 6.34. The van der Waals surface area contributed by atoms with Crippen LogP contribution in [0.2, 0.25) is 0 Å². The van der Waals surface area contributed by atoms with Gasteiger partial charge in [-0.2, -0.15) is 0 Å². The molecule has 6 heteroatoms. The van der Waals surface area contributed by atoms with Gasteiger partial charge in [0.15, 0.2) is 0 Å². The Kier molecular flexibility index (Phi) is 5.40. The molecule has 0 heterocycles. The number of aliphatic hydroxyl groups is 2. The minimum atomic E-state index is -0.634. The molecule has 0 radical (unpaired) electrons. The van der Waals surface area contributed by atoms with Crippen molar-refractivity contribution in [2.45, 2.75) is 6.04 Å². The Bertz CT molecular complexity index is 360. The average molecular weight is 353 g/mol. The summed E-state index contributed by atoms with van der Waals surface area (Å²) in [7, 11) is 0. The average Bonchev–Trinajstić information content (AvgIpc) is 2.24. The van der Waals surface area contributed by atoms with Crippen LogP contribution in [0.3, 0.4) is 0 Å². The first kappa shape index (κ1) is 13.6. The normalized spacial score (nSPS) is 10.6. The smallest absolute Gasteiger partial charge is 0.251 e. The third kappa shape index (κ3) is 3.86. The van der Waals surface area contributed by atoms with E-state index in [0.717, 1.165) is 8.95 Å². The predicted octanol–water partition coefficient (Wildman–Crippen LogP) is 1.29. The van der Waals surface area contributed by atoms with Gasteiger partial charge in [0, 0.05) is 14.5 Å². The van der Waals surface area contributed by atoms with Crippen molar-refractivity contribution in [3.63, 3.8) is 0 Å². The number of hydrogen-bond acceptors (Lipinski definition) is 3. The van der Waals surface area contributed by atoms with Gasteiger partial charge in [0.1, 0.15) is 0 Å². The number of benzene rings is 1. The van der Waals surface area contributed by atoms with Crippen LogP contribution < -0.4 is 5.32 Å². The van der Waals surface area contributed by atoms with Gasteiger partial charge >= 0.3 is 0 Å². The monoisotopic (exact) mass is 351 g/mol. The molecule has 0 aliphatic carbocycles. The van der Waals surface area contributed by atoms with E-state index in [1.54, 1.807) is 12.1 Å². The lowest BCUT2D eigenvalue weighted by Crippen LogP contribution is -2.40. The zero-order valence-electron chi connectivity index (χ0n) is 8.28. The molecule has 0 atom stereocenters. The minimum absolute atomic E-state index is 0.294. The lowest BCUT2D eigenvalue weighted by molar-refractivity contribution is 0.0879. The molecule has 0 aromatic heterocycles. The number of nitrogens with one attached hydrogen (secondary N) is 1. The first-order chi connectivity index (χ1) is 7.56. The maximum Gasteiger partial charge on any atom is 0.251 e. The van der Waals surface area contributed by atoms with Crippen molar-refractivity contribution in [1.29, 1.82) is 0 Å². The molecule has 0 aliphatic rings. The molecule has 3 N–H and O–H groups in total. The van der Waals surface area contributed by atoms with Gasteiger partial charge < -0.3 is 15.5 Å². The van der Waals surface area contributed by atoms with Crippen LogP contribution in [0.15, 0.2) is 27.1 Å². The second-order valence-corrected chi connectivity index (χ2v) is 5.03. The quantitative estimate of drug-likeness (QED) is 0.764. The van der Waals surface area contributed by atoms with Gasteiger partial charge in [-0.05, 0) is 18.2 Å². The number of hydrogen-bond donors (Lipinski definition) is 3. The molecule has 1 rings (SSSR count). The fourth-order valence-corrected chi connectivity index (χ4v) is 2.40. The van der Waals surface area contributed by atoms with Crippen molar-refractivity contribution >= 4 is 37.8 Å². The van der Waals surface area contributed by atoms with Gasteiger partial charge in [0.25, 0.3) is 5.91 Å². The van der Waals surface area contributed by atoms with Crippen LogP contribution in [-0.2, 0) is 0 Å². The highest BCUT2D eigenvalue weighted by Gasteiger charge is 2.12. The van der Waals surface area contributed by atoms with Crippen LogP contribution in [0, 0.1) is 0 Å². The molecule has 0 saturated heterocycles. The molecule has 0 spiro atoms. The largest absolute Gasteiger partial charge is 0.394 e. The van der Waals surface area contributed by atoms with Crippen molar-refractivity contribution in [1.82, 2.24) is 5.32 Å². The van der Waals surface area contributed by atoms with Crippen molar-refractivity contribution in [2.75, 3.05) is 13.2 Å². The lowest BCUT2D eigenvalue weighted by atomic mass is 10.2. The third-order valence-electron chi connectivity index (χ3n) is 1.90. The van der Waals surface area contributed by atoms with E-state index >= 15 is 0 Å². The van der Waals surface area contributed by atoms with E-state index in [2.05, 4.69) is 37.2 Å². The third-order valence-corrected chi connectivity index (χ3v) is 2.82. The predicted molar refractivity (Wildman–Crippen MR) is 67.3 cm³/mol. The molecule has 1 aromatic rings. The van der Waals surface area contributed by atoms with Gasteiger partial charge in [0.05, 0.1) is 19.3 Å². The summed E-state index contributed by atoms with van der Waals surface area (Å²) < 4.78 is 1.55. The Labute approximate surface area is 110 Å². The number of halogens is 2. The summed E-state index contributed by atoms with van der Waals surface area (Å²) in [6, 6.07) is 4.50. The molecular formula is C10H11Br2NO3. The van der Waals surface area contributed by atoms with Crippen molar-refractivity contribution in [2.24, 2.45) is 0 Å². The van der Waals surface area contributed by atoms with Gasteiger partial charge in [-0.25, -0.2) is 0 Å². The molecule has 4 nitrogen and oxygen atoms in total. The number of carbonyl (C=O) groups excluding carboxylic acids is 1. The molecule has 16 heavy (non-hydrogen) atoms. The van der Waals surface area contributed by atoms with Crippen molar-refractivity contribution < 1.29 is 15.0 Å². The summed E-state index contributed by atoms with van der Waals surface area (Å²) in [6.07, 6.45) is 0. The van der Waals surface area contributed by atoms with E-state index in [1.165, 1.54) is 0 Å². The Morgan fingerprint density at radius 2 is 1.69 bits per heavy atom. The first-order valence-corrected chi connectivity index (χ1v) is 6.14. The Hall–Kier alpha value is -0.430. The van der Waals surface area contributed by atoms with E-state index in [1.807, 2.05) is 6.07 Å². The molecule has 1 aromatic carbocycles. The van der Waals surface area contributed by atoms with Gasteiger partial charge in [-0.3, -0.25) is 4.79 Å². The summed E-state index contributed by atoms with van der Waals surface area (Å²) in [4.78, 5) is 11.7. The fourth-order valence-electron chi connectivity index (χ4n) is 1.10. The van der Waals surface area contributed by atoms with Crippen LogP contribution in [-0.4, -0.2) is 35.4 Å². The van der Waals surface area contributed by atoms with Crippen LogP contribution in [0.1, 0.15) is 10.4 Å². The van der Waals surface area contributed by atoms with Gasteiger partial charge in [0.2, 0.25) is 0 Å². The Balaban J connectivity index is 2.80. The highest BCUT2D eigenvalue weighted by atomic mass is 79.9. The van der Waals surface area contributed by atoms with Crippen LogP contribution in [0.4, 0.5) is 0 Å². The zero-order valence-corrected chi connectivity index (χ0v) is 11.5. The van der Waals surface area contributed by atoms with Gasteiger partial charge in [-0.1, -0.05) is 31.9 Å². The molecule has 0 bridgehead atoms. The molecule has 1 amide bonds. The maximum atomic E-state index is 11.7. The molecule has 88 valence electrons. The summed E-state index contributed by atoms with van der Waals surface area (Å²) >= 11 is 6.55. The maximum absolute atomic E-state index is 11.7. The molecule has 0 aliphatic heterocycles. The standard InChI is InChI=1S/C10H11Br2NO3/c11-7-1-6(2-8(12)3-7)10(16)13-9(4-14)5-15/h1-3,9,14-15H,4-5H2,(H,13,16). The van der Waals surface area contributed by atoms with E-state index < -0.39 is 6.04 Å². The molecule has 0 fully saturated rings. The van der Waals surface area contributed by atoms with Gasteiger partial charge in [-0.15, -0.1) is 0 Å². The molecule has 0 unspecified atom stereocenters. The lowest BCUT2D eigenvalue weighted by Gasteiger charge is -2.13. The van der Waals surface area contributed by atoms with Crippen molar-refractivity contribution in [3.05, 3.63) is 32.7 Å². The fraction of sp³-hybridized carbons (Fsp3) is 0.300. The number of aliphatic hydroxyl groups excluding tert-OH is 2. The molecule has 0 saturated carbocycles. The summed E-state index contributed by atoms with van der Waals surface area (Å²) in [5.74, 6) is -0.338. The van der Waals surface area contributed by atoms with Crippen molar-refractivity contribution in [3.8, 4) is 0 Å². The highest BCUT2D eigenvalue weighted by molar-refractivity contribution is 9.11. The summed E-state index contributed by atoms with van der Waals surface area (Å²) in [5, 5.41) is 20.2. The minimum Gasteiger partial charge on any atom is -0.394 e. The zero-order chi connectivity index (χ0) is 12.1. The first-order valence-electron chi connectivity index (χ1n) is 4.55. The molecular weight excluding hydrogens is 342 g/mol. The highest BCUT2D eigenvalue weighted by Crippen LogP contribution is 2.20. The van der Waals surface area contributed by atoms with E-state index in [9.17, 15) is 4.79 Å². The topological polar surface area (TPSA) is 69.6 Å². The van der Waals surface area contributed by atoms with Crippen LogP contribution in [0.25, 0.3) is 0 Å². The number of rotatable bonds is 4. The van der Waals surface area contributed by atoms with E-state index in [-0.39, 0.29) is 19.1 Å². The number of carbonyl (C=O) groups is 1. The summed E-state index contributed by atoms with van der Waals surface area (Å²) in [5.41, 5.74) is 0.452. The Morgan fingerprint density at radius 1 is 1.19 bits per heavy atom. The number of amides is 1.